The lowest BCUT2D eigenvalue weighted by Crippen LogP contribution is -2.09. The quantitative estimate of drug-likeness (QED) is 0.661. The van der Waals surface area contributed by atoms with E-state index in [1.807, 2.05) is 6.07 Å². The topological polar surface area (TPSA) is 52.6 Å². The molecule has 0 N–H and O–H groups in total. The maximum atomic E-state index is 12.4. The van der Waals surface area contributed by atoms with E-state index in [9.17, 15) is 8.42 Å². The molecule has 3 aromatic rings. The van der Waals surface area contributed by atoms with Crippen molar-refractivity contribution in [1.82, 2.24) is 0 Å². The SMILES string of the molecule is COc1ccc2cc(S(=O)(=O)Oc3ccc(Cl)cc3)ccc2c1. The number of ether oxygens (including phenoxy) is 1. The van der Waals surface area contributed by atoms with Gasteiger partial charge < -0.3 is 8.92 Å². The third kappa shape index (κ3) is 3.41. The molecule has 23 heavy (non-hydrogen) atoms. The van der Waals surface area contributed by atoms with Gasteiger partial charge in [-0.25, -0.2) is 0 Å². The van der Waals surface area contributed by atoms with Crippen LogP contribution in [0, 0.1) is 0 Å². The Morgan fingerprint density at radius 3 is 2.13 bits per heavy atom. The van der Waals surface area contributed by atoms with Crippen LogP contribution >= 0.6 is 11.6 Å². The molecule has 3 aromatic carbocycles. The van der Waals surface area contributed by atoms with Crippen molar-refractivity contribution >= 4 is 32.5 Å². The fourth-order valence-corrected chi connectivity index (χ4v) is 3.24. The van der Waals surface area contributed by atoms with Gasteiger partial charge in [0.05, 0.1) is 7.11 Å². The van der Waals surface area contributed by atoms with Crippen LogP contribution < -0.4 is 8.92 Å². The van der Waals surface area contributed by atoms with Gasteiger partial charge in [0, 0.05) is 5.02 Å². The fourth-order valence-electron chi connectivity index (χ4n) is 2.15. The van der Waals surface area contributed by atoms with E-state index in [0.717, 1.165) is 10.8 Å². The van der Waals surface area contributed by atoms with Crippen molar-refractivity contribution in [3.8, 4) is 11.5 Å². The monoisotopic (exact) mass is 348 g/mol. The molecule has 0 saturated heterocycles. The molecule has 0 atom stereocenters. The van der Waals surface area contributed by atoms with Gasteiger partial charge in [0.1, 0.15) is 16.4 Å². The molecule has 0 aliphatic heterocycles. The molecule has 0 heterocycles. The van der Waals surface area contributed by atoms with Gasteiger partial charge in [-0.05, 0) is 59.3 Å². The number of methoxy groups -OCH3 is 1. The predicted molar refractivity (Wildman–Crippen MR) is 89.8 cm³/mol. The van der Waals surface area contributed by atoms with E-state index in [1.165, 1.54) is 18.2 Å². The first kappa shape index (κ1) is 15.6. The van der Waals surface area contributed by atoms with Crippen molar-refractivity contribution in [2.45, 2.75) is 4.90 Å². The van der Waals surface area contributed by atoms with E-state index in [0.29, 0.717) is 10.8 Å². The van der Waals surface area contributed by atoms with Crippen molar-refractivity contribution in [2.75, 3.05) is 7.11 Å². The molecule has 118 valence electrons. The fraction of sp³-hybridized carbons (Fsp3) is 0.0588. The van der Waals surface area contributed by atoms with Gasteiger partial charge in [-0.1, -0.05) is 23.7 Å². The van der Waals surface area contributed by atoms with Gasteiger partial charge in [0.2, 0.25) is 0 Å². The van der Waals surface area contributed by atoms with E-state index >= 15 is 0 Å². The molecule has 0 saturated carbocycles. The van der Waals surface area contributed by atoms with Crippen LogP contribution in [0.15, 0.2) is 65.6 Å². The zero-order valence-electron chi connectivity index (χ0n) is 12.2. The first-order chi connectivity index (χ1) is 11.0. The molecule has 0 aliphatic carbocycles. The highest BCUT2D eigenvalue weighted by atomic mass is 35.5. The Balaban J connectivity index is 1.96. The summed E-state index contributed by atoms with van der Waals surface area (Å²) in [5.41, 5.74) is 0. The second kappa shape index (κ2) is 6.10. The van der Waals surface area contributed by atoms with Gasteiger partial charge in [0.25, 0.3) is 0 Å². The van der Waals surface area contributed by atoms with E-state index in [1.54, 1.807) is 43.5 Å². The Labute approximate surface area is 139 Å². The van der Waals surface area contributed by atoms with Crippen molar-refractivity contribution in [1.29, 1.82) is 0 Å². The zero-order chi connectivity index (χ0) is 16.4. The van der Waals surface area contributed by atoms with Crippen molar-refractivity contribution < 1.29 is 17.3 Å². The molecule has 0 bridgehead atoms. The van der Waals surface area contributed by atoms with Gasteiger partial charge in [0.15, 0.2) is 0 Å². The van der Waals surface area contributed by atoms with Crippen LogP contribution in [0.5, 0.6) is 11.5 Å². The summed E-state index contributed by atoms with van der Waals surface area (Å²) in [6.07, 6.45) is 0. The molecule has 0 spiro atoms. The van der Waals surface area contributed by atoms with Gasteiger partial charge >= 0.3 is 10.1 Å². The lowest BCUT2D eigenvalue weighted by Gasteiger charge is -2.08. The van der Waals surface area contributed by atoms with Crippen molar-refractivity contribution in [3.63, 3.8) is 0 Å². The molecule has 0 aromatic heterocycles. The molecule has 6 heteroatoms. The Morgan fingerprint density at radius 1 is 0.826 bits per heavy atom. The van der Waals surface area contributed by atoms with Crippen LogP contribution in [0.3, 0.4) is 0 Å². The van der Waals surface area contributed by atoms with Crippen LogP contribution in [0.1, 0.15) is 0 Å². The Kier molecular flexibility index (Phi) is 4.15. The molecule has 3 rings (SSSR count). The number of halogens is 1. The standard InChI is InChI=1S/C17H13ClO4S/c1-21-16-6-2-13-11-17(9-3-12(13)10-16)23(19,20)22-15-7-4-14(18)5-8-15/h2-11H,1H3. The highest BCUT2D eigenvalue weighted by Crippen LogP contribution is 2.26. The van der Waals surface area contributed by atoms with Gasteiger partial charge in [-0.2, -0.15) is 8.42 Å². The van der Waals surface area contributed by atoms with E-state index in [2.05, 4.69) is 0 Å². The van der Waals surface area contributed by atoms with Crippen molar-refractivity contribution in [3.05, 3.63) is 65.7 Å². The summed E-state index contributed by atoms with van der Waals surface area (Å²) in [5.74, 6) is 0.926. The molecular formula is C17H13ClO4S. The summed E-state index contributed by atoms with van der Waals surface area (Å²) >= 11 is 5.77. The van der Waals surface area contributed by atoms with Gasteiger partial charge in [-0.15, -0.1) is 0 Å². The minimum Gasteiger partial charge on any atom is -0.497 e. The average molecular weight is 349 g/mol. The maximum Gasteiger partial charge on any atom is 0.339 e. The van der Waals surface area contributed by atoms with Crippen molar-refractivity contribution in [2.24, 2.45) is 0 Å². The lowest BCUT2D eigenvalue weighted by atomic mass is 10.1. The summed E-state index contributed by atoms with van der Waals surface area (Å²) in [5, 5.41) is 2.18. The highest BCUT2D eigenvalue weighted by Gasteiger charge is 2.17. The number of fused-ring (bicyclic) bond motifs is 1. The second-order valence-corrected chi connectivity index (χ2v) is 6.85. The third-order valence-electron chi connectivity index (χ3n) is 3.33. The Bertz CT molecular complexity index is 950. The van der Waals surface area contributed by atoms with E-state index in [-0.39, 0.29) is 10.6 Å². The summed E-state index contributed by atoms with van der Waals surface area (Å²) in [4.78, 5) is 0.0881. The maximum absolute atomic E-state index is 12.4. The lowest BCUT2D eigenvalue weighted by molar-refractivity contribution is 0.415. The summed E-state index contributed by atoms with van der Waals surface area (Å²) in [6, 6.07) is 16.4. The third-order valence-corrected chi connectivity index (χ3v) is 4.82. The average Bonchev–Trinajstić information content (AvgIpc) is 2.55. The zero-order valence-corrected chi connectivity index (χ0v) is 13.8. The van der Waals surface area contributed by atoms with E-state index in [4.69, 9.17) is 20.5 Å². The molecule has 0 unspecified atom stereocenters. The molecule has 0 amide bonds. The first-order valence-corrected chi connectivity index (χ1v) is 8.54. The number of rotatable bonds is 4. The Hall–Kier alpha value is -2.24. The van der Waals surface area contributed by atoms with Crippen LogP contribution in [-0.4, -0.2) is 15.5 Å². The highest BCUT2D eigenvalue weighted by molar-refractivity contribution is 7.87. The van der Waals surface area contributed by atoms with Crippen LogP contribution in [0.2, 0.25) is 5.02 Å². The molecule has 0 aliphatic rings. The van der Waals surface area contributed by atoms with E-state index < -0.39 is 10.1 Å². The predicted octanol–water partition coefficient (Wildman–Crippen LogP) is 4.27. The molecule has 4 nitrogen and oxygen atoms in total. The number of hydrogen-bond acceptors (Lipinski definition) is 4. The second-order valence-electron chi connectivity index (χ2n) is 4.87. The number of benzene rings is 3. The smallest absolute Gasteiger partial charge is 0.339 e. The molecular weight excluding hydrogens is 336 g/mol. The minimum atomic E-state index is -3.91. The summed E-state index contributed by atoms with van der Waals surface area (Å²) in [7, 11) is -2.32. The van der Waals surface area contributed by atoms with Gasteiger partial charge in [-0.3, -0.25) is 0 Å². The molecule has 0 radical (unpaired) electrons. The van der Waals surface area contributed by atoms with Crippen LogP contribution in [0.25, 0.3) is 10.8 Å². The molecule has 0 fully saturated rings. The number of hydrogen-bond donors (Lipinski definition) is 0. The minimum absolute atomic E-state index is 0.0881. The van der Waals surface area contributed by atoms with Crippen LogP contribution in [0.4, 0.5) is 0 Å². The Morgan fingerprint density at radius 2 is 1.43 bits per heavy atom. The first-order valence-electron chi connectivity index (χ1n) is 6.76. The van der Waals surface area contributed by atoms with Crippen LogP contribution in [-0.2, 0) is 10.1 Å². The normalized spacial score (nSPS) is 11.4. The summed E-state index contributed by atoms with van der Waals surface area (Å²) in [6.45, 7) is 0. The largest absolute Gasteiger partial charge is 0.497 e. The summed E-state index contributed by atoms with van der Waals surface area (Å²) < 4.78 is 35.0.